The topological polar surface area (TPSA) is 59.3 Å². The van der Waals surface area contributed by atoms with Crippen molar-refractivity contribution in [1.82, 2.24) is 4.57 Å². The van der Waals surface area contributed by atoms with Crippen LogP contribution in [0.3, 0.4) is 0 Å². The summed E-state index contributed by atoms with van der Waals surface area (Å²) in [4.78, 5) is 23.7. The second kappa shape index (κ2) is 4.08. The molecule has 1 aromatic carbocycles. The second-order valence-electron chi connectivity index (χ2n) is 3.62. The number of benzene rings is 1. The van der Waals surface area contributed by atoms with Gasteiger partial charge in [-0.05, 0) is 18.2 Å². The lowest BCUT2D eigenvalue weighted by Gasteiger charge is -2.00. The zero-order valence-electron chi connectivity index (χ0n) is 8.99. The molecule has 3 rings (SSSR count). The fraction of sp³-hybridized carbons (Fsp3) is 0. The molecule has 0 saturated heterocycles. The average Bonchev–Trinajstić information content (AvgIpc) is 2.86. The SMILES string of the molecule is O=C(O)c1cc2sc(=O)n(-c3ccccc3)c2s1. The number of carboxylic acids is 1. The minimum atomic E-state index is -0.963. The quantitative estimate of drug-likeness (QED) is 0.783. The van der Waals surface area contributed by atoms with Crippen molar-refractivity contribution in [3.63, 3.8) is 0 Å². The Balaban J connectivity index is 2.31. The number of para-hydroxylation sites is 1. The Morgan fingerprint density at radius 1 is 1.17 bits per heavy atom. The van der Waals surface area contributed by atoms with E-state index in [0.29, 0.717) is 9.53 Å². The molecule has 18 heavy (non-hydrogen) atoms. The molecule has 0 bridgehead atoms. The van der Waals surface area contributed by atoms with E-state index >= 15 is 0 Å². The van der Waals surface area contributed by atoms with Gasteiger partial charge in [-0.25, -0.2) is 4.79 Å². The molecule has 0 saturated carbocycles. The monoisotopic (exact) mass is 277 g/mol. The fourth-order valence-electron chi connectivity index (χ4n) is 1.72. The van der Waals surface area contributed by atoms with Gasteiger partial charge in [0.15, 0.2) is 0 Å². The highest BCUT2D eigenvalue weighted by Gasteiger charge is 2.15. The molecule has 2 aromatic heterocycles. The van der Waals surface area contributed by atoms with Crippen LogP contribution in [0, 0.1) is 0 Å². The van der Waals surface area contributed by atoms with Crippen LogP contribution >= 0.6 is 22.7 Å². The summed E-state index contributed by atoms with van der Waals surface area (Å²) in [6, 6.07) is 10.8. The van der Waals surface area contributed by atoms with Gasteiger partial charge in [-0.2, -0.15) is 0 Å². The van der Waals surface area contributed by atoms with E-state index in [1.807, 2.05) is 30.3 Å². The maximum Gasteiger partial charge on any atom is 0.345 e. The van der Waals surface area contributed by atoms with Gasteiger partial charge in [-0.15, -0.1) is 11.3 Å². The molecule has 0 radical (unpaired) electrons. The van der Waals surface area contributed by atoms with Crippen LogP contribution in [0.1, 0.15) is 9.67 Å². The number of carboxylic acid groups (broad SMARTS) is 1. The highest BCUT2D eigenvalue weighted by molar-refractivity contribution is 7.27. The Morgan fingerprint density at radius 3 is 2.56 bits per heavy atom. The van der Waals surface area contributed by atoms with E-state index in [1.165, 1.54) is 0 Å². The number of rotatable bonds is 2. The molecule has 3 aromatic rings. The number of aromatic nitrogens is 1. The smallest absolute Gasteiger partial charge is 0.345 e. The third-order valence-corrected chi connectivity index (χ3v) is 4.61. The third-order valence-electron chi connectivity index (χ3n) is 2.49. The highest BCUT2D eigenvalue weighted by Crippen LogP contribution is 2.29. The van der Waals surface area contributed by atoms with Gasteiger partial charge in [0, 0.05) is 0 Å². The minimum absolute atomic E-state index is 0.0978. The van der Waals surface area contributed by atoms with Crippen LogP contribution in [0.4, 0.5) is 0 Å². The van der Waals surface area contributed by atoms with Gasteiger partial charge in [0.25, 0.3) is 0 Å². The van der Waals surface area contributed by atoms with Crippen LogP contribution in [0.2, 0.25) is 0 Å². The van der Waals surface area contributed by atoms with Crippen LogP contribution in [-0.2, 0) is 0 Å². The molecule has 0 aliphatic rings. The Kier molecular flexibility index (Phi) is 2.53. The predicted molar refractivity (Wildman–Crippen MR) is 72.3 cm³/mol. The standard InChI is InChI=1S/C12H7NO3S2/c14-11(15)9-6-8-10(17-9)13(12(16)18-8)7-4-2-1-3-5-7/h1-6H,(H,14,15). The average molecular weight is 277 g/mol. The molecule has 0 unspecified atom stereocenters. The Morgan fingerprint density at radius 2 is 1.89 bits per heavy atom. The largest absolute Gasteiger partial charge is 0.477 e. The molecule has 0 spiro atoms. The van der Waals surface area contributed by atoms with Crippen LogP contribution in [0.15, 0.2) is 41.2 Å². The summed E-state index contributed by atoms with van der Waals surface area (Å²) in [5.74, 6) is -0.963. The molecule has 0 fully saturated rings. The molecule has 2 heterocycles. The van der Waals surface area contributed by atoms with Crippen LogP contribution in [0.25, 0.3) is 15.2 Å². The van der Waals surface area contributed by atoms with E-state index in [2.05, 4.69) is 0 Å². The summed E-state index contributed by atoms with van der Waals surface area (Å²) >= 11 is 2.19. The van der Waals surface area contributed by atoms with E-state index in [0.717, 1.165) is 28.4 Å². The van der Waals surface area contributed by atoms with Crippen molar-refractivity contribution in [2.75, 3.05) is 0 Å². The number of hydrogen-bond acceptors (Lipinski definition) is 4. The minimum Gasteiger partial charge on any atom is -0.477 e. The summed E-state index contributed by atoms with van der Waals surface area (Å²) in [5, 5.41) is 8.96. The lowest BCUT2D eigenvalue weighted by Crippen LogP contribution is -2.09. The van der Waals surface area contributed by atoms with Crippen LogP contribution in [0.5, 0.6) is 0 Å². The number of aromatic carboxylic acids is 1. The highest BCUT2D eigenvalue weighted by atomic mass is 32.1. The molecule has 0 atom stereocenters. The van der Waals surface area contributed by atoms with Gasteiger partial charge in [-0.3, -0.25) is 9.36 Å². The predicted octanol–water partition coefficient (Wildman–Crippen LogP) is 2.81. The Hall–Kier alpha value is -1.92. The number of thiazole rings is 1. The van der Waals surface area contributed by atoms with Crippen molar-refractivity contribution in [3.8, 4) is 5.69 Å². The van der Waals surface area contributed by atoms with Crippen molar-refractivity contribution in [2.45, 2.75) is 0 Å². The van der Waals surface area contributed by atoms with Crippen LogP contribution < -0.4 is 4.87 Å². The summed E-state index contributed by atoms with van der Waals surface area (Å²) in [6.45, 7) is 0. The molecule has 6 heteroatoms. The number of nitrogens with zero attached hydrogens (tertiary/aromatic N) is 1. The first-order valence-corrected chi connectivity index (χ1v) is 6.74. The maximum absolute atomic E-state index is 11.9. The first kappa shape index (κ1) is 11.2. The van der Waals surface area contributed by atoms with E-state index in [4.69, 9.17) is 5.11 Å². The third kappa shape index (κ3) is 1.66. The molecule has 4 nitrogen and oxygen atoms in total. The first-order chi connectivity index (χ1) is 8.66. The van der Waals surface area contributed by atoms with E-state index in [-0.39, 0.29) is 9.75 Å². The summed E-state index contributed by atoms with van der Waals surface area (Å²) in [5.41, 5.74) is 0.757. The van der Waals surface area contributed by atoms with Crippen molar-refractivity contribution < 1.29 is 9.90 Å². The van der Waals surface area contributed by atoms with E-state index in [1.54, 1.807) is 10.6 Å². The molecule has 1 N–H and O–H groups in total. The number of thiophene rings is 1. The van der Waals surface area contributed by atoms with Gasteiger partial charge in [0.2, 0.25) is 0 Å². The van der Waals surface area contributed by atoms with E-state index < -0.39 is 5.97 Å². The zero-order valence-corrected chi connectivity index (χ0v) is 10.6. The number of hydrogen-bond donors (Lipinski definition) is 1. The lowest BCUT2D eigenvalue weighted by atomic mass is 10.3. The summed E-state index contributed by atoms with van der Waals surface area (Å²) < 4.78 is 2.27. The summed E-state index contributed by atoms with van der Waals surface area (Å²) in [7, 11) is 0. The van der Waals surface area contributed by atoms with Gasteiger partial charge in [0.1, 0.15) is 9.71 Å². The fourth-order valence-corrected chi connectivity index (χ4v) is 3.85. The normalized spacial score (nSPS) is 10.9. The molecule has 0 aliphatic heterocycles. The maximum atomic E-state index is 11.9. The van der Waals surface area contributed by atoms with Crippen molar-refractivity contribution in [2.24, 2.45) is 0 Å². The van der Waals surface area contributed by atoms with Gasteiger partial charge >= 0.3 is 10.8 Å². The molecule has 90 valence electrons. The van der Waals surface area contributed by atoms with Crippen molar-refractivity contribution in [3.05, 3.63) is 50.9 Å². The summed E-state index contributed by atoms with van der Waals surface area (Å²) in [6.07, 6.45) is 0. The zero-order chi connectivity index (χ0) is 12.7. The van der Waals surface area contributed by atoms with Gasteiger partial charge < -0.3 is 5.11 Å². The first-order valence-electron chi connectivity index (χ1n) is 5.11. The van der Waals surface area contributed by atoms with Crippen molar-refractivity contribution >= 4 is 38.2 Å². The molecular weight excluding hydrogens is 270 g/mol. The molecular formula is C12H7NO3S2. The lowest BCUT2D eigenvalue weighted by molar-refractivity contribution is 0.0702. The van der Waals surface area contributed by atoms with Crippen molar-refractivity contribution in [1.29, 1.82) is 0 Å². The van der Waals surface area contributed by atoms with E-state index in [9.17, 15) is 9.59 Å². The Bertz CT molecular complexity index is 783. The number of fused-ring (bicyclic) bond motifs is 1. The van der Waals surface area contributed by atoms with Gasteiger partial charge in [-0.1, -0.05) is 29.5 Å². The van der Waals surface area contributed by atoms with Crippen LogP contribution in [-0.4, -0.2) is 15.6 Å². The molecule has 0 amide bonds. The van der Waals surface area contributed by atoms with Gasteiger partial charge in [0.05, 0.1) is 10.4 Å². The Labute approximate surface area is 109 Å². The number of carbonyl (C=O) groups is 1. The second-order valence-corrected chi connectivity index (χ2v) is 5.65. The molecule has 0 aliphatic carbocycles.